The molecule has 1 aliphatic heterocycles. The van der Waals surface area contributed by atoms with E-state index in [9.17, 15) is 4.79 Å². The fraction of sp³-hybridized carbons (Fsp3) is 0.312. The Balaban J connectivity index is 1.88. The molecule has 0 bridgehead atoms. The van der Waals surface area contributed by atoms with Crippen LogP contribution >= 0.6 is 11.3 Å². The van der Waals surface area contributed by atoms with E-state index in [1.54, 1.807) is 0 Å². The molecule has 1 aromatic heterocycles. The number of nitrogen functional groups attached to an aromatic ring is 1. The van der Waals surface area contributed by atoms with E-state index in [2.05, 4.69) is 17.0 Å². The molecule has 0 spiro atoms. The lowest BCUT2D eigenvalue weighted by molar-refractivity contribution is 0.0526. The number of benzene rings is 1. The Labute approximate surface area is 128 Å². The van der Waals surface area contributed by atoms with Gasteiger partial charge in [0.05, 0.1) is 18.7 Å². The molecule has 2 N–H and O–H groups in total. The van der Waals surface area contributed by atoms with Crippen molar-refractivity contribution in [1.29, 1.82) is 0 Å². The molecule has 3 rings (SSSR count). The zero-order chi connectivity index (χ0) is 14.8. The van der Waals surface area contributed by atoms with E-state index in [4.69, 9.17) is 10.5 Å². The number of hydrogen-bond donors (Lipinski definition) is 1. The summed E-state index contributed by atoms with van der Waals surface area (Å²) in [7, 11) is 0. The minimum atomic E-state index is -0.291. The lowest BCUT2D eigenvalue weighted by atomic mass is 10.0. The molecule has 1 aromatic carbocycles. The quantitative estimate of drug-likeness (QED) is 0.885. The summed E-state index contributed by atoms with van der Waals surface area (Å²) >= 11 is 1.50. The van der Waals surface area contributed by atoms with Crippen molar-refractivity contribution in [2.45, 2.75) is 19.9 Å². The summed E-state index contributed by atoms with van der Waals surface area (Å²) in [6.07, 6.45) is 0.825. The van der Waals surface area contributed by atoms with Crippen molar-refractivity contribution in [3.8, 4) is 0 Å². The van der Waals surface area contributed by atoms with Gasteiger partial charge in [0.1, 0.15) is 5.00 Å². The Morgan fingerprint density at radius 3 is 2.86 bits per heavy atom. The predicted molar refractivity (Wildman–Crippen MR) is 85.9 cm³/mol. The highest BCUT2D eigenvalue weighted by atomic mass is 32.1. The second-order valence-electron chi connectivity index (χ2n) is 4.97. The van der Waals surface area contributed by atoms with Crippen LogP contribution in [0.4, 0.5) is 10.7 Å². The smallest absolute Gasteiger partial charge is 0.341 e. The summed E-state index contributed by atoms with van der Waals surface area (Å²) in [5.74, 6) is -0.291. The van der Waals surface area contributed by atoms with Gasteiger partial charge in [-0.05, 0) is 31.0 Å². The second kappa shape index (κ2) is 5.77. The molecule has 0 saturated carbocycles. The number of carbonyl (C=O) groups is 1. The lowest BCUT2D eigenvalue weighted by Gasteiger charge is -2.29. The Bertz CT molecular complexity index is 652. The van der Waals surface area contributed by atoms with E-state index < -0.39 is 0 Å². The number of anilines is 2. The average molecular weight is 302 g/mol. The molecule has 0 saturated heterocycles. The molecule has 110 valence electrons. The molecular formula is C16H18N2O2S. The van der Waals surface area contributed by atoms with E-state index in [1.165, 1.54) is 21.9 Å². The molecule has 0 atom stereocenters. The zero-order valence-electron chi connectivity index (χ0n) is 12.0. The van der Waals surface area contributed by atoms with Crippen molar-refractivity contribution in [3.05, 3.63) is 46.3 Å². The SMILES string of the molecule is CCOC(=O)c1c(N)sc2c1CCN(c1ccccc1)C2. The Morgan fingerprint density at radius 2 is 2.14 bits per heavy atom. The van der Waals surface area contributed by atoms with Crippen LogP contribution in [-0.2, 0) is 17.7 Å². The number of thiophene rings is 1. The molecule has 5 heteroatoms. The Hall–Kier alpha value is -2.01. The molecule has 21 heavy (non-hydrogen) atoms. The summed E-state index contributed by atoms with van der Waals surface area (Å²) < 4.78 is 5.12. The normalized spacial score (nSPS) is 13.9. The first-order chi connectivity index (χ1) is 10.2. The summed E-state index contributed by atoms with van der Waals surface area (Å²) in [6, 6.07) is 10.3. The van der Waals surface area contributed by atoms with Crippen molar-refractivity contribution in [1.82, 2.24) is 0 Å². The van der Waals surface area contributed by atoms with Gasteiger partial charge in [-0.2, -0.15) is 0 Å². The van der Waals surface area contributed by atoms with E-state index >= 15 is 0 Å². The van der Waals surface area contributed by atoms with Crippen molar-refractivity contribution in [2.24, 2.45) is 0 Å². The molecule has 0 aliphatic carbocycles. The van der Waals surface area contributed by atoms with Crippen molar-refractivity contribution in [3.63, 3.8) is 0 Å². The highest BCUT2D eigenvalue weighted by Crippen LogP contribution is 2.36. The van der Waals surface area contributed by atoms with Gasteiger partial charge in [0, 0.05) is 17.1 Å². The van der Waals surface area contributed by atoms with Gasteiger partial charge in [-0.1, -0.05) is 18.2 Å². The highest BCUT2D eigenvalue weighted by molar-refractivity contribution is 7.16. The highest BCUT2D eigenvalue weighted by Gasteiger charge is 2.27. The summed E-state index contributed by atoms with van der Waals surface area (Å²) in [5, 5.41) is 0.577. The van der Waals surface area contributed by atoms with E-state index in [-0.39, 0.29) is 5.97 Å². The van der Waals surface area contributed by atoms with Crippen LogP contribution in [-0.4, -0.2) is 19.1 Å². The standard InChI is InChI=1S/C16H18N2O2S/c1-2-20-16(19)14-12-8-9-18(10-13(12)21-15(14)17)11-6-4-3-5-7-11/h3-7H,2,8-10,17H2,1H3. The maximum absolute atomic E-state index is 12.0. The number of hydrogen-bond acceptors (Lipinski definition) is 5. The van der Waals surface area contributed by atoms with Crippen LogP contribution in [0.15, 0.2) is 30.3 Å². The van der Waals surface area contributed by atoms with Gasteiger partial charge in [-0.15, -0.1) is 11.3 Å². The third kappa shape index (κ3) is 2.61. The summed E-state index contributed by atoms with van der Waals surface area (Å²) in [5.41, 5.74) is 8.90. The number of nitrogens with zero attached hydrogens (tertiary/aromatic N) is 1. The maximum Gasteiger partial charge on any atom is 0.341 e. The fourth-order valence-electron chi connectivity index (χ4n) is 2.71. The minimum absolute atomic E-state index is 0.291. The molecular weight excluding hydrogens is 284 g/mol. The summed E-state index contributed by atoms with van der Waals surface area (Å²) in [4.78, 5) is 15.5. The van der Waals surface area contributed by atoms with Gasteiger partial charge in [-0.25, -0.2) is 4.79 Å². The molecule has 2 aromatic rings. The first-order valence-corrected chi connectivity index (χ1v) is 7.89. The van der Waals surface area contributed by atoms with Gasteiger partial charge < -0.3 is 15.4 Å². The van der Waals surface area contributed by atoms with Gasteiger partial charge in [0.25, 0.3) is 0 Å². The zero-order valence-corrected chi connectivity index (χ0v) is 12.8. The average Bonchev–Trinajstić information content (AvgIpc) is 2.83. The fourth-order valence-corrected chi connectivity index (χ4v) is 3.83. The van der Waals surface area contributed by atoms with Crippen molar-refractivity contribution < 1.29 is 9.53 Å². The van der Waals surface area contributed by atoms with Crippen LogP contribution in [0.3, 0.4) is 0 Å². The third-order valence-corrected chi connectivity index (χ3v) is 4.73. The molecule has 0 radical (unpaired) electrons. The number of rotatable bonds is 3. The van der Waals surface area contributed by atoms with Gasteiger partial charge in [0.15, 0.2) is 0 Å². The molecule has 2 heterocycles. The van der Waals surface area contributed by atoms with E-state index in [0.717, 1.165) is 25.1 Å². The van der Waals surface area contributed by atoms with Gasteiger partial charge in [0.2, 0.25) is 0 Å². The van der Waals surface area contributed by atoms with Crippen LogP contribution in [0.5, 0.6) is 0 Å². The largest absolute Gasteiger partial charge is 0.462 e. The Kier molecular flexibility index (Phi) is 3.84. The number of nitrogens with two attached hydrogens (primary N) is 1. The molecule has 1 aliphatic rings. The minimum Gasteiger partial charge on any atom is -0.462 e. The van der Waals surface area contributed by atoms with Crippen LogP contribution in [0.1, 0.15) is 27.7 Å². The van der Waals surface area contributed by atoms with Crippen LogP contribution in [0, 0.1) is 0 Å². The molecule has 0 fully saturated rings. The predicted octanol–water partition coefficient (Wildman–Crippen LogP) is 3.07. The molecule has 0 amide bonds. The van der Waals surface area contributed by atoms with Crippen LogP contribution < -0.4 is 10.6 Å². The number of para-hydroxylation sites is 1. The van der Waals surface area contributed by atoms with Gasteiger partial charge >= 0.3 is 5.97 Å². The lowest BCUT2D eigenvalue weighted by Crippen LogP contribution is -2.30. The van der Waals surface area contributed by atoms with Crippen LogP contribution in [0.25, 0.3) is 0 Å². The van der Waals surface area contributed by atoms with Crippen molar-refractivity contribution in [2.75, 3.05) is 23.8 Å². The number of esters is 1. The topological polar surface area (TPSA) is 55.6 Å². The third-order valence-electron chi connectivity index (χ3n) is 3.69. The Morgan fingerprint density at radius 1 is 1.38 bits per heavy atom. The molecule has 4 nitrogen and oxygen atoms in total. The van der Waals surface area contributed by atoms with Gasteiger partial charge in [-0.3, -0.25) is 0 Å². The second-order valence-corrected chi connectivity index (χ2v) is 6.11. The monoisotopic (exact) mass is 302 g/mol. The number of fused-ring (bicyclic) bond motifs is 1. The first-order valence-electron chi connectivity index (χ1n) is 7.07. The first kappa shape index (κ1) is 13.9. The van der Waals surface area contributed by atoms with E-state index in [0.29, 0.717) is 17.2 Å². The molecule has 0 unspecified atom stereocenters. The maximum atomic E-state index is 12.0. The van der Waals surface area contributed by atoms with Crippen molar-refractivity contribution >= 4 is 28.0 Å². The van der Waals surface area contributed by atoms with Crippen LogP contribution in [0.2, 0.25) is 0 Å². The number of ether oxygens (including phenoxy) is 1. The summed E-state index contributed by atoms with van der Waals surface area (Å²) in [6.45, 7) is 3.87. The van der Waals surface area contributed by atoms with E-state index in [1.807, 2.05) is 25.1 Å². The number of carbonyl (C=O) groups excluding carboxylic acids is 1.